The quantitative estimate of drug-likeness (QED) is 0.147. The van der Waals surface area contributed by atoms with Gasteiger partial charge in [-0.15, -0.1) is 0 Å². The maximum absolute atomic E-state index is 13.0. The predicted octanol–water partition coefficient (Wildman–Crippen LogP) is 12.8. The van der Waals surface area contributed by atoms with E-state index < -0.39 is 21.0 Å². The molecule has 8 nitrogen and oxygen atoms in total. The average molecular weight is 865 g/mol. The molecule has 60 heavy (non-hydrogen) atoms. The van der Waals surface area contributed by atoms with Gasteiger partial charge in [-0.3, -0.25) is 19.2 Å². The number of H-pyrrole nitrogens is 2. The SMILES string of the molecule is O=C(Cl)c1ccccc1-c1c2nc(c(-c3ccccc3C(=O)Cl)c3ccc([nH]3)c(-c3ccccc3C(=O)Cl)c3nc(c(-c4ccccc4C(=O)Cl)c4ccc1[nH]4)C=C3)C=C2. The van der Waals surface area contributed by atoms with E-state index >= 15 is 0 Å². The fraction of sp³-hybridized carbons (Fsp3) is 0. The second kappa shape index (κ2) is 15.8. The van der Waals surface area contributed by atoms with Gasteiger partial charge >= 0.3 is 0 Å². The number of carbonyl (C=O) groups excluding carboxylic acids is 4. The number of hydrogen-bond acceptors (Lipinski definition) is 6. The lowest BCUT2D eigenvalue weighted by Gasteiger charge is -2.10. The number of halogens is 4. The van der Waals surface area contributed by atoms with Crippen molar-refractivity contribution < 1.29 is 19.2 Å². The Kier molecular flexibility index (Phi) is 10.2. The summed E-state index contributed by atoms with van der Waals surface area (Å²) in [4.78, 5) is 69.3. The van der Waals surface area contributed by atoms with Crippen molar-refractivity contribution in [3.8, 4) is 44.5 Å². The number of carbonyl (C=O) groups is 4. The Morgan fingerprint density at radius 1 is 0.333 bits per heavy atom. The zero-order valence-corrected chi connectivity index (χ0v) is 33.9. The van der Waals surface area contributed by atoms with Crippen molar-refractivity contribution in [2.45, 2.75) is 0 Å². The summed E-state index contributed by atoms with van der Waals surface area (Å²) in [5.41, 5.74) is 9.40. The molecule has 0 spiro atoms. The van der Waals surface area contributed by atoms with Crippen molar-refractivity contribution >= 4 is 114 Å². The number of aromatic nitrogens is 4. The van der Waals surface area contributed by atoms with Gasteiger partial charge in [0.15, 0.2) is 0 Å². The fourth-order valence-electron chi connectivity index (χ4n) is 7.83. The summed E-state index contributed by atoms with van der Waals surface area (Å²) in [5.74, 6) is 0. The number of hydrogen-bond donors (Lipinski definition) is 2. The minimum absolute atomic E-state index is 0.254. The molecular weight excluding hydrogens is 838 g/mol. The molecule has 7 aromatic rings. The first-order chi connectivity index (χ1) is 29.1. The molecule has 0 radical (unpaired) electrons. The molecule has 0 fully saturated rings. The van der Waals surface area contributed by atoms with Crippen LogP contribution >= 0.6 is 46.4 Å². The molecule has 0 amide bonds. The molecule has 5 heterocycles. The smallest absolute Gasteiger partial charge is 0.253 e. The van der Waals surface area contributed by atoms with Crippen LogP contribution in [0.1, 0.15) is 64.2 Å². The van der Waals surface area contributed by atoms with Gasteiger partial charge < -0.3 is 9.97 Å². The summed E-state index contributed by atoms with van der Waals surface area (Å²) in [5, 5.41) is -2.65. The molecule has 2 aliphatic heterocycles. The Morgan fingerprint density at radius 2 is 0.550 bits per heavy atom. The molecule has 0 saturated carbocycles. The molecule has 2 aliphatic rings. The molecule has 0 atom stereocenters. The van der Waals surface area contributed by atoms with Crippen molar-refractivity contribution in [3.63, 3.8) is 0 Å². The highest BCUT2D eigenvalue weighted by Gasteiger charge is 2.24. The minimum Gasteiger partial charge on any atom is -0.354 e. The zero-order chi connectivity index (χ0) is 41.7. The van der Waals surface area contributed by atoms with Crippen LogP contribution in [0.15, 0.2) is 121 Å². The van der Waals surface area contributed by atoms with Crippen LogP contribution in [-0.4, -0.2) is 40.9 Å². The van der Waals surface area contributed by atoms with E-state index in [4.69, 9.17) is 56.4 Å². The molecule has 4 aromatic carbocycles. The molecule has 2 N–H and O–H groups in total. The van der Waals surface area contributed by atoms with Crippen LogP contribution in [0.3, 0.4) is 0 Å². The molecule has 0 saturated heterocycles. The number of nitrogens with zero attached hydrogens (tertiary/aromatic N) is 2. The predicted molar refractivity (Wildman–Crippen MR) is 241 cm³/mol. The molecule has 12 heteroatoms. The van der Waals surface area contributed by atoms with Gasteiger partial charge in [0.25, 0.3) is 21.0 Å². The van der Waals surface area contributed by atoms with E-state index in [1.807, 2.05) is 48.6 Å². The third-order valence-corrected chi connectivity index (χ3v) is 11.2. The molecule has 0 aliphatic carbocycles. The summed E-state index contributed by atoms with van der Waals surface area (Å²) in [6.07, 6.45) is 7.30. The molecule has 0 unspecified atom stereocenters. The van der Waals surface area contributed by atoms with Gasteiger partial charge in [0.2, 0.25) is 0 Å². The van der Waals surface area contributed by atoms with Crippen molar-refractivity contribution in [2.75, 3.05) is 0 Å². The summed E-state index contributed by atoms with van der Waals surface area (Å²) in [6.45, 7) is 0. The van der Waals surface area contributed by atoms with Gasteiger partial charge in [0.1, 0.15) is 0 Å². The summed E-state index contributed by atoms with van der Waals surface area (Å²) >= 11 is 24.8. The standard InChI is InChI=1S/C48H26Cl4N4O4/c49-45(57)29-13-5-1-9-25(29)41-33-17-19-35(53-33)42(26-10-2-6-14-30(26)46(50)58)37-21-23-39(55-37)44(28-12-4-8-16-32(28)48(52)60)40-24-22-38(56-40)43(36-20-18-34(41)54-36)27-11-3-7-15-31(27)47(51)59/h1-24,53,56H. The maximum Gasteiger partial charge on any atom is 0.253 e. The van der Waals surface area contributed by atoms with E-state index in [1.54, 1.807) is 97.1 Å². The van der Waals surface area contributed by atoms with E-state index in [-0.39, 0.29) is 22.3 Å². The van der Waals surface area contributed by atoms with Gasteiger partial charge in [0, 0.05) is 66.6 Å². The number of nitrogens with one attached hydrogen (secondary N) is 2. The topological polar surface area (TPSA) is 126 Å². The number of rotatable bonds is 8. The lowest BCUT2D eigenvalue weighted by molar-refractivity contribution is 0.107. The molecule has 290 valence electrons. The zero-order valence-electron chi connectivity index (χ0n) is 30.9. The minimum atomic E-state index is -0.663. The van der Waals surface area contributed by atoms with Crippen LogP contribution in [-0.2, 0) is 0 Å². The van der Waals surface area contributed by atoms with Crippen molar-refractivity contribution in [2.24, 2.45) is 0 Å². The highest BCUT2D eigenvalue weighted by atomic mass is 35.5. The lowest BCUT2D eigenvalue weighted by atomic mass is 9.98. The Morgan fingerprint density at radius 3 is 0.767 bits per heavy atom. The van der Waals surface area contributed by atoms with Crippen molar-refractivity contribution in [3.05, 3.63) is 166 Å². The van der Waals surface area contributed by atoms with Crippen LogP contribution in [0.2, 0.25) is 0 Å². The third-order valence-electron chi connectivity index (χ3n) is 10.4. The number of fused-ring (bicyclic) bond motifs is 8. The third kappa shape index (κ3) is 6.89. The van der Waals surface area contributed by atoms with Crippen molar-refractivity contribution in [1.29, 1.82) is 0 Å². The first kappa shape index (κ1) is 38.8. The van der Waals surface area contributed by atoms with E-state index in [0.29, 0.717) is 89.4 Å². The summed E-state index contributed by atoms with van der Waals surface area (Å²) in [6, 6.07) is 35.3. The Labute approximate surface area is 361 Å². The number of benzene rings is 4. The molecule has 9 rings (SSSR count). The van der Waals surface area contributed by atoms with Crippen molar-refractivity contribution in [1.82, 2.24) is 19.9 Å². The highest BCUT2D eigenvalue weighted by molar-refractivity contribution is 6.69. The highest BCUT2D eigenvalue weighted by Crippen LogP contribution is 2.41. The van der Waals surface area contributed by atoms with Gasteiger partial charge in [-0.2, -0.15) is 0 Å². The Hall–Kier alpha value is -6.68. The van der Waals surface area contributed by atoms with Gasteiger partial charge in [-0.1, -0.05) is 72.8 Å². The Balaban J connectivity index is 1.53. The average Bonchev–Trinajstić information content (AvgIpc) is 4.09. The molecular formula is C48H26Cl4N4O4. The van der Waals surface area contributed by atoms with E-state index in [2.05, 4.69) is 9.97 Å². The molecule has 3 aromatic heterocycles. The first-order valence-corrected chi connectivity index (χ1v) is 19.9. The second-order valence-electron chi connectivity index (χ2n) is 13.8. The second-order valence-corrected chi connectivity index (χ2v) is 15.2. The summed E-state index contributed by atoms with van der Waals surface area (Å²) < 4.78 is 0. The van der Waals surface area contributed by atoms with Gasteiger partial charge in [-0.05, 0) is 141 Å². The maximum atomic E-state index is 13.0. The monoisotopic (exact) mass is 862 g/mol. The molecule has 8 bridgehead atoms. The van der Waals surface area contributed by atoms with E-state index in [9.17, 15) is 19.2 Å². The van der Waals surface area contributed by atoms with Crippen LogP contribution in [0.4, 0.5) is 0 Å². The first-order valence-electron chi connectivity index (χ1n) is 18.4. The number of aromatic amines is 2. The van der Waals surface area contributed by atoms with Crippen LogP contribution in [0.5, 0.6) is 0 Å². The van der Waals surface area contributed by atoms with Crippen LogP contribution < -0.4 is 0 Å². The normalized spacial score (nSPS) is 11.8. The van der Waals surface area contributed by atoms with Gasteiger partial charge in [0.05, 0.1) is 22.8 Å². The van der Waals surface area contributed by atoms with E-state index in [0.717, 1.165) is 0 Å². The fourth-order valence-corrected chi connectivity index (χ4v) is 8.49. The lowest BCUT2D eigenvalue weighted by Crippen LogP contribution is -1.97. The Bertz CT molecular complexity index is 2830. The summed E-state index contributed by atoms with van der Waals surface area (Å²) in [7, 11) is 0. The van der Waals surface area contributed by atoms with Crippen LogP contribution in [0, 0.1) is 0 Å². The van der Waals surface area contributed by atoms with Gasteiger partial charge in [-0.25, -0.2) is 9.97 Å². The van der Waals surface area contributed by atoms with E-state index in [1.165, 1.54) is 0 Å². The largest absolute Gasteiger partial charge is 0.354 e. The van der Waals surface area contributed by atoms with Crippen LogP contribution in [0.25, 0.3) is 90.9 Å².